The lowest BCUT2D eigenvalue weighted by Crippen LogP contribution is -1.97. The molecule has 0 saturated heterocycles. The van der Waals surface area contributed by atoms with Crippen LogP contribution in [0, 0.1) is 0 Å². The molecule has 0 saturated carbocycles. The van der Waals surface area contributed by atoms with E-state index in [1.54, 1.807) is 18.5 Å². The highest BCUT2D eigenvalue weighted by Gasteiger charge is 1.93. The summed E-state index contributed by atoms with van der Waals surface area (Å²) in [5, 5.41) is 0. The fourth-order valence-electron chi connectivity index (χ4n) is 0.849. The van der Waals surface area contributed by atoms with Gasteiger partial charge in [0.25, 0.3) is 0 Å². The number of rotatable bonds is 4. The Hall–Kier alpha value is -1.25. The zero-order valence-electron chi connectivity index (χ0n) is 7.29. The van der Waals surface area contributed by atoms with Crippen molar-refractivity contribution in [2.24, 2.45) is 0 Å². The number of nitrogen functional groups attached to an aromatic ring is 1. The molecule has 1 aromatic rings. The zero-order valence-corrected chi connectivity index (χ0v) is 7.29. The van der Waals surface area contributed by atoms with E-state index in [-0.39, 0.29) is 0 Å². The molecule has 1 aromatic heterocycles. The van der Waals surface area contributed by atoms with Crippen molar-refractivity contribution in [1.29, 1.82) is 0 Å². The summed E-state index contributed by atoms with van der Waals surface area (Å²) >= 11 is 0. The average molecular weight is 166 g/mol. The van der Waals surface area contributed by atoms with Gasteiger partial charge in [0.2, 0.25) is 0 Å². The smallest absolute Gasteiger partial charge is 0.139 e. The molecule has 0 aromatic carbocycles. The van der Waals surface area contributed by atoms with Crippen LogP contribution in [0.4, 0.5) is 5.69 Å². The van der Waals surface area contributed by atoms with Gasteiger partial charge in [-0.25, -0.2) is 0 Å². The molecule has 0 unspecified atom stereocenters. The summed E-state index contributed by atoms with van der Waals surface area (Å²) in [6.45, 7) is 2.86. The van der Waals surface area contributed by atoms with Crippen LogP contribution in [0.25, 0.3) is 0 Å². The van der Waals surface area contributed by atoms with Gasteiger partial charge < -0.3 is 10.5 Å². The van der Waals surface area contributed by atoms with Gasteiger partial charge in [-0.3, -0.25) is 4.98 Å². The van der Waals surface area contributed by atoms with E-state index in [9.17, 15) is 0 Å². The van der Waals surface area contributed by atoms with E-state index in [1.165, 1.54) is 0 Å². The van der Waals surface area contributed by atoms with Crippen LogP contribution in [0.5, 0.6) is 5.75 Å². The SMILES string of the molecule is CCCCOc1cncc(N)c1. The van der Waals surface area contributed by atoms with Crippen molar-refractivity contribution in [2.45, 2.75) is 19.8 Å². The topological polar surface area (TPSA) is 48.1 Å². The fourth-order valence-corrected chi connectivity index (χ4v) is 0.849. The van der Waals surface area contributed by atoms with E-state index in [0.29, 0.717) is 5.69 Å². The van der Waals surface area contributed by atoms with Crippen LogP contribution in [0.15, 0.2) is 18.5 Å². The molecule has 0 aliphatic carbocycles. The van der Waals surface area contributed by atoms with Gasteiger partial charge in [-0.15, -0.1) is 0 Å². The number of pyridine rings is 1. The third-order valence-electron chi connectivity index (χ3n) is 1.50. The molecule has 1 heterocycles. The van der Waals surface area contributed by atoms with Crippen molar-refractivity contribution < 1.29 is 4.74 Å². The Balaban J connectivity index is 2.41. The standard InChI is InChI=1S/C9H14N2O/c1-2-3-4-12-9-5-8(10)6-11-7-9/h5-7H,2-4,10H2,1H3. The summed E-state index contributed by atoms with van der Waals surface area (Å²) in [6.07, 6.45) is 5.48. The van der Waals surface area contributed by atoms with Gasteiger partial charge >= 0.3 is 0 Å². The van der Waals surface area contributed by atoms with E-state index < -0.39 is 0 Å². The number of ether oxygens (including phenoxy) is 1. The van der Waals surface area contributed by atoms with Crippen molar-refractivity contribution in [3.05, 3.63) is 18.5 Å². The summed E-state index contributed by atoms with van der Waals surface area (Å²) in [6, 6.07) is 1.78. The van der Waals surface area contributed by atoms with Crippen LogP contribution in [-0.4, -0.2) is 11.6 Å². The highest BCUT2D eigenvalue weighted by molar-refractivity contribution is 5.39. The lowest BCUT2D eigenvalue weighted by atomic mass is 10.3. The minimum Gasteiger partial charge on any atom is -0.492 e. The van der Waals surface area contributed by atoms with Gasteiger partial charge in [-0.05, 0) is 6.42 Å². The highest BCUT2D eigenvalue weighted by Crippen LogP contribution is 2.12. The molecule has 0 radical (unpaired) electrons. The molecule has 0 aliphatic heterocycles. The predicted octanol–water partition coefficient (Wildman–Crippen LogP) is 1.84. The maximum absolute atomic E-state index is 5.52. The summed E-state index contributed by atoms with van der Waals surface area (Å²) in [5.41, 5.74) is 6.16. The number of anilines is 1. The van der Waals surface area contributed by atoms with Gasteiger partial charge in [0.05, 0.1) is 24.7 Å². The first-order valence-electron chi connectivity index (χ1n) is 4.16. The van der Waals surface area contributed by atoms with Crippen LogP contribution in [0.2, 0.25) is 0 Å². The van der Waals surface area contributed by atoms with E-state index in [0.717, 1.165) is 25.2 Å². The Bertz CT molecular complexity index is 238. The van der Waals surface area contributed by atoms with Gasteiger partial charge in [-0.2, -0.15) is 0 Å². The number of unbranched alkanes of at least 4 members (excludes halogenated alkanes) is 1. The van der Waals surface area contributed by atoms with E-state index in [4.69, 9.17) is 10.5 Å². The van der Waals surface area contributed by atoms with Crippen molar-refractivity contribution >= 4 is 5.69 Å². The second kappa shape index (κ2) is 4.59. The van der Waals surface area contributed by atoms with Gasteiger partial charge in [0, 0.05) is 6.07 Å². The van der Waals surface area contributed by atoms with Gasteiger partial charge in [-0.1, -0.05) is 13.3 Å². The minimum atomic E-state index is 0.643. The monoisotopic (exact) mass is 166 g/mol. The molecule has 2 N–H and O–H groups in total. The summed E-state index contributed by atoms with van der Waals surface area (Å²) in [4.78, 5) is 3.91. The molecule has 0 fully saturated rings. The lowest BCUT2D eigenvalue weighted by Gasteiger charge is -2.04. The van der Waals surface area contributed by atoms with Crippen molar-refractivity contribution in [3.63, 3.8) is 0 Å². The van der Waals surface area contributed by atoms with Crippen LogP contribution < -0.4 is 10.5 Å². The molecule has 12 heavy (non-hydrogen) atoms. The summed E-state index contributed by atoms with van der Waals surface area (Å²) in [5.74, 6) is 0.753. The van der Waals surface area contributed by atoms with Gasteiger partial charge in [0.1, 0.15) is 5.75 Å². The summed E-state index contributed by atoms with van der Waals surface area (Å²) in [7, 11) is 0. The maximum atomic E-state index is 5.52. The normalized spacial score (nSPS) is 9.75. The second-order valence-electron chi connectivity index (χ2n) is 2.66. The average Bonchev–Trinajstić information content (AvgIpc) is 2.05. The molecule has 0 aliphatic rings. The molecule has 3 heteroatoms. The predicted molar refractivity (Wildman–Crippen MR) is 49.1 cm³/mol. The number of nitrogens with zero attached hydrogens (tertiary/aromatic N) is 1. The minimum absolute atomic E-state index is 0.643. The largest absolute Gasteiger partial charge is 0.492 e. The van der Waals surface area contributed by atoms with E-state index in [1.807, 2.05) is 0 Å². The number of hydrogen-bond donors (Lipinski definition) is 1. The Labute approximate surface area is 72.6 Å². The van der Waals surface area contributed by atoms with Crippen LogP contribution in [0.3, 0.4) is 0 Å². The second-order valence-corrected chi connectivity index (χ2v) is 2.66. The number of hydrogen-bond acceptors (Lipinski definition) is 3. The molecular formula is C9H14N2O. The molecule has 1 rings (SSSR count). The van der Waals surface area contributed by atoms with Crippen molar-refractivity contribution in [3.8, 4) is 5.75 Å². The molecular weight excluding hydrogens is 152 g/mol. The summed E-state index contributed by atoms with van der Waals surface area (Å²) < 4.78 is 5.38. The van der Waals surface area contributed by atoms with Crippen molar-refractivity contribution in [2.75, 3.05) is 12.3 Å². The Kier molecular flexibility index (Phi) is 3.38. The molecule has 0 bridgehead atoms. The van der Waals surface area contributed by atoms with Crippen LogP contribution >= 0.6 is 0 Å². The Morgan fingerprint density at radius 3 is 3.00 bits per heavy atom. The first kappa shape index (κ1) is 8.84. The number of aromatic nitrogens is 1. The van der Waals surface area contributed by atoms with E-state index >= 15 is 0 Å². The Morgan fingerprint density at radius 1 is 1.50 bits per heavy atom. The fraction of sp³-hybridized carbons (Fsp3) is 0.444. The molecule has 0 atom stereocenters. The maximum Gasteiger partial charge on any atom is 0.139 e. The quantitative estimate of drug-likeness (QED) is 0.694. The van der Waals surface area contributed by atoms with Crippen LogP contribution in [0.1, 0.15) is 19.8 Å². The molecule has 0 amide bonds. The zero-order chi connectivity index (χ0) is 8.81. The van der Waals surface area contributed by atoms with Gasteiger partial charge in [0.15, 0.2) is 0 Å². The first-order chi connectivity index (χ1) is 5.83. The third-order valence-corrected chi connectivity index (χ3v) is 1.50. The third kappa shape index (κ3) is 2.78. The lowest BCUT2D eigenvalue weighted by molar-refractivity contribution is 0.308. The number of nitrogens with two attached hydrogens (primary N) is 1. The van der Waals surface area contributed by atoms with E-state index in [2.05, 4.69) is 11.9 Å². The first-order valence-corrected chi connectivity index (χ1v) is 4.16. The highest BCUT2D eigenvalue weighted by atomic mass is 16.5. The van der Waals surface area contributed by atoms with Crippen LogP contribution in [-0.2, 0) is 0 Å². The molecule has 3 nitrogen and oxygen atoms in total. The molecule has 0 spiro atoms. The van der Waals surface area contributed by atoms with Crippen molar-refractivity contribution in [1.82, 2.24) is 4.98 Å². The molecule has 66 valence electrons. The Morgan fingerprint density at radius 2 is 2.33 bits per heavy atom.